The molecular weight excluding hydrogens is 1640 g/mol. The lowest BCUT2D eigenvalue weighted by atomic mass is 9.92. The molecule has 134 heavy (non-hydrogen) atoms. The summed E-state index contributed by atoms with van der Waals surface area (Å²) in [6, 6.07) is 87.9. The van der Waals surface area contributed by atoms with Gasteiger partial charge in [-0.25, -0.2) is 38.2 Å². The maximum Gasteiger partial charge on any atom is 0.227 e. The smallest absolute Gasteiger partial charge is 0.227 e. The van der Waals surface area contributed by atoms with Crippen LogP contribution in [0.25, 0.3) is 178 Å². The van der Waals surface area contributed by atoms with Crippen LogP contribution in [0.4, 0.5) is 0 Å². The third-order valence-electron chi connectivity index (χ3n) is 27.6. The molecule has 12 aromatic heterocycles. The summed E-state index contributed by atoms with van der Waals surface area (Å²) in [7, 11) is 8.46. The first kappa shape index (κ1) is 90.7. The third kappa shape index (κ3) is 17.8. The summed E-state index contributed by atoms with van der Waals surface area (Å²) in [5.41, 5.74) is 40.0. The van der Waals surface area contributed by atoms with E-state index in [0.29, 0.717) is 58.6 Å². The van der Waals surface area contributed by atoms with Crippen LogP contribution in [0.15, 0.2) is 285 Å². The summed E-state index contributed by atoms with van der Waals surface area (Å²) in [5, 5.41) is 8.74. The highest BCUT2D eigenvalue weighted by atomic mass is 16.4. The molecule has 0 amide bonds. The minimum atomic E-state index is 0.357. The predicted molar refractivity (Wildman–Crippen MR) is 553 cm³/mol. The van der Waals surface area contributed by atoms with Crippen molar-refractivity contribution in [1.29, 1.82) is 0 Å². The highest BCUT2D eigenvalue weighted by molar-refractivity contribution is 6.13. The van der Waals surface area contributed by atoms with E-state index < -0.39 is 0 Å². The fourth-order valence-corrected chi connectivity index (χ4v) is 19.5. The summed E-state index contributed by atoms with van der Waals surface area (Å²) >= 11 is 0. The maximum atomic E-state index is 6.49. The molecule has 8 aromatic carbocycles. The van der Waals surface area contributed by atoms with Crippen LogP contribution in [0.2, 0.25) is 0 Å². The lowest BCUT2D eigenvalue weighted by Gasteiger charge is -2.12. The molecule has 0 spiro atoms. The number of aryl methyl sites for hydroxylation is 8. The highest BCUT2D eigenvalue weighted by Crippen LogP contribution is 2.46. The Bertz CT molecular complexity index is 7870. The number of nitrogens with zero attached hydrogens (tertiary/aromatic N) is 8. The summed E-state index contributed by atoms with van der Waals surface area (Å²) in [4.78, 5) is 19.3. The molecule has 0 radical (unpaired) electrons. The Morgan fingerprint density at radius 2 is 0.604 bits per heavy atom. The van der Waals surface area contributed by atoms with Crippen molar-refractivity contribution in [3.63, 3.8) is 0 Å². The van der Waals surface area contributed by atoms with Gasteiger partial charge in [0.25, 0.3) is 0 Å². The Labute approximate surface area is 789 Å². The molecule has 0 N–H and O–H groups in total. The van der Waals surface area contributed by atoms with Gasteiger partial charge in [-0.05, 0) is 227 Å². The Balaban J connectivity index is 0.000000119. The van der Waals surface area contributed by atoms with Gasteiger partial charge in [-0.3, -0.25) is 0 Å². The van der Waals surface area contributed by atoms with Crippen molar-refractivity contribution in [2.24, 2.45) is 28.2 Å². The van der Waals surface area contributed by atoms with Crippen LogP contribution in [0.1, 0.15) is 237 Å². The van der Waals surface area contributed by atoms with Gasteiger partial charge in [0.15, 0.2) is 47.1 Å². The molecule has 0 atom stereocenters. The second kappa shape index (κ2) is 37.7. The van der Waals surface area contributed by atoms with Crippen molar-refractivity contribution in [3.8, 4) is 89.5 Å². The molecule has 0 saturated heterocycles. The van der Waals surface area contributed by atoms with Crippen LogP contribution in [-0.2, 0) is 28.2 Å². The van der Waals surface area contributed by atoms with Gasteiger partial charge in [-0.15, -0.1) is 0 Å². The van der Waals surface area contributed by atoms with E-state index in [-0.39, 0.29) is 0 Å². The molecule has 12 heteroatoms. The average Bonchev–Trinajstić information content (AvgIpc) is 1.59. The number of hydrogen-bond donors (Lipinski definition) is 0. The molecule has 12 nitrogen and oxygen atoms in total. The van der Waals surface area contributed by atoms with E-state index in [1.165, 1.54) is 115 Å². The summed E-state index contributed by atoms with van der Waals surface area (Å²) in [5.74, 6) is 3.66. The van der Waals surface area contributed by atoms with Gasteiger partial charge in [0.05, 0.1) is 27.8 Å². The van der Waals surface area contributed by atoms with Crippen molar-refractivity contribution in [3.05, 3.63) is 335 Å². The molecule has 1 saturated carbocycles. The normalized spacial score (nSPS) is 12.6. The molecule has 20 aromatic rings. The monoisotopic (exact) mass is 1770 g/mol. The topological polar surface area (TPSA) is 120 Å². The van der Waals surface area contributed by atoms with E-state index in [1.807, 2.05) is 0 Å². The Hall–Kier alpha value is -13.8. The van der Waals surface area contributed by atoms with Gasteiger partial charge < -0.3 is 17.7 Å². The van der Waals surface area contributed by atoms with Crippen molar-refractivity contribution in [2.45, 2.75) is 198 Å². The zero-order chi connectivity index (χ0) is 93.9. The number of fused-ring (bicyclic) bond motifs is 12. The predicted octanol–water partition coefficient (Wildman–Crippen LogP) is 31.3. The number of benzene rings is 8. The molecule has 1 fully saturated rings. The Kier molecular flexibility index (Phi) is 25.5. The first-order valence-corrected chi connectivity index (χ1v) is 48.2. The summed E-state index contributed by atoms with van der Waals surface area (Å²) in [6.07, 6.45) is 14.1. The van der Waals surface area contributed by atoms with Gasteiger partial charge in [0, 0.05) is 107 Å². The number of rotatable bonds is 16. The molecule has 21 rings (SSSR count). The van der Waals surface area contributed by atoms with Gasteiger partial charge >= 0.3 is 0 Å². The molecule has 12 heterocycles. The third-order valence-corrected chi connectivity index (χ3v) is 27.6. The molecule has 0 aliphatic heterocycles. The number of pyridine rings is 8. The lowest BCUT2D eigenvalue weighted by molar-refractivity contribution is -0.660. The fourth-order valence-electron chi connectivity index (χ4n) is 19.5. The van der Waals surface area contributed by atoms with E-state index in [2.05, 4.69) is 439 Å². The average molecular weight is 1770 g/mol. The fraction of sp³-hybridized carbons (Fsp3) is 0.279. The number of furan rings is 4. The quantitative estimate of drug-likeness (QED) is 0.0878. The minimum absolute atomic E-state index is 0.357. The standard InChI is InChI=1S/C32H33N2O.3C30H31N2O/c1-20(2)28-16-15-27-26-14-12-21(3)30(31(26)35-32(27)33-28)29-17-13-25(19-34(29)4)24-11-7-10-23(18-24)22-8-5-6-9-22;1-18(2)21-9-7-10-22(17-21)23-11-8-16-32(6)28(23)27-20(5)12-13-24-25-14-15-26(19(3)4)31-30(25)33-29(24)27;1-18(2)21-8-7-9-22(16-21)23-11-15-27(32(6)17-23)28-20(5)10-12-24-25-13-14-26(19(3)4)31-30(25)33-29(24)28;1-18(2)21-8-7-9-22(16-21)23-14-15-32(6)27(17-23)28-20(5)10-11-24-25-12-13-26(19(3)4)31-30(25)33-29(24)28/h7,10-20,22H,5-6,8-9H2,1-4H3;3*7-19H,1-6H3/q4*+1. The molecule has 1 aliphatic rings. The molecule has 674 valence electrons. The van der Waals surface area contributed by atoms with Crippen LogP contribution in [0.5, 0.6) is 0 Å². The van der Waals surface area contributed by atoms with E-state index in [4.69, 9.17) is 37.6 Å². The van der Waals surface area contributed by atoms with Crippen molar-refractivity contribution >= 4 is 88.3 Å². The maximum absolute atomic E-state index is 6.49. The zero-order valence-electron chi connectivity index (χ0n) is 82.1. The van der Waals surface area contributed by atoms with Crippen LogP contribution in [0, 0.1) is 27.7 Å². The minimum Gasteiger partial charge on any atom is -0.437 e. The Morgan fingerprint density at radius 1 is 0.269 bits per heavy atom. The van der Waals surface area contributed by atoms with E-state index in [1.54, 1.807) is 0 Å². The molecular formula is C122H126N8O4+4. The van der Waals surface area contributed by atoms with Gasteiger partial charge in [0.2, 0.25) is 45.6 Å². The second-order valence-electron chi connectivity index (χ2n) is 39.5. The van der Waals surface area contributed by atoms with E-state index in [9.17, 15) is 0 Å². The van der Waals surface area contributed by atoms with Gasteiger partial charge in [0.1, 0.15) is 28.2 Å². The largest absolute Gasteiger partial charge is 0.437 e. The first-order valence-electron chi connectivity index (χ1n) is 48.2. The SMILES string of the molecule is Cc1ccc2c(oc3nc(C(C)C)ccc32)c1-c1c(-c2cccc(C(C)C)c2)ccc[n+]1C.Cc1ccc2c(oc3nc(C(C)C)ccc32)c1-c1cc(-c2cccc(C(C)C)c2)cc[n+]1C.Cc1ccc2c(oc3nc(C(C)C)ccc32)c1-c1ccc(-c2cccc(C(C)C)c2)c[n+]1C.Cc1ccc2c(oc3nc(C(C)C)ccc32)c1-c1ccc(-c2cccc(C3CCCC3)c2)c[n+]1C. The summed E-state index contributed by atoms with van der Waals surface area (Å²) < 4.78 is 34.6. The molecule has 0 bridgehead atoms. The van der Waals surface area contributed by atoms with E-state index >= 15 is 0 Å². The number of aromatic nitrogens is 8. The Morgan fingerprint density at radius 3 is 0.993 bits per heavy atom. The highest BCUT2D eigenvalue weighted by Gasteiger charge is 2.31. The van der Waals surface area contributed by atoms with Crippen LogP contribution in [-0.4, -0.2) is 19.9 Å². The number of hydrogen-bond acceptors (Lipinski definition) is 8. The molecule has 1 aliphatic carbocycles. The van der Waals surface area contributed by atoms with Crippen LogP contribution in [0.3, 0.4) is 0 Å². The summed E-state index contributed by atoms with van der Waals surface area (Å²) in [6.45, 7) is 39.3. The lowest BCUT2D eigenvalue weighted by Crippen LogP contribution is -2.31. The van der Waals surface area contributed by atoms with Crippen molar-refractivity contribution in [1.82, 2.24) is 19.9 Å². The van der Waals surface area contributed by atoms with E-state index in [0.717, 1.165) is 145 Å². The van der Waals surface area contributed by atoms with Crippen LogP contribution >= 0.6 is 0 Å². The first-order chi connectivity index (χ1) is 64.5. The van der Waals surface area contributed by atoms with Crippen molar-refractivity contribution < 1.29 is 35.9 Å². The molecule has 0 unspecified atom stereocenters. The van der Waals surface area contributed by atoms with Crippen molar-refractivity contribution in [2.75, 3.05) is 0 Å². The van der Waals surface area contributed by atoms with Crippen LogP contribution < -0.4 is 18.3 Å². The zero-order valence-corrected chi connectivity index (χ0v) is 82.1. The van der Waals surface area contributed by atoms with Gasteiger partial charge in [-0.2, -0.15) is 0 Å². The van der Waals surface area contributed by atoms with Gasteiger partial charge in [-0.1, -0.05) is 255 Å². The second-order valence-corrected chi connectivity index (χ2v) is 39.5.